The first-order chi connectivity index (χ1) is 15.3. The van der Waals surface area contributed by atoms with Gasteiger partial charge in [0.2, 0.25) is 0 Å². The van der Waals surface area contributed by atoms with Gasteiger partial charge >= 0.3 is 6.18 Å². The molecule has 3 saturated heterocycles. The van der Waals surface area contributed by atoms with Crippen LogP contribution in [-0.2, 0) is 10.9 Å². The van der Waals surface area contributed by atoms with Crippen LogP contribution in [0.4, 0.5) is 29.2 Å². The zero-order chi connectivity index (χ0) is 22.3. The summed E-state index contributed by atoms with van der Waals surface area (Å²) in [6.45, 7) is 5.28. The van der Waals surface area contributed by atoms with Crippen molar-refractivity contribution < 1.29 is 22.3 Å². The molecule has 1 N–H and O–H groups in total. The van der Waals surface area contributed by atoms with E-state index in [1.807, 2.05) is 0 Å². The van der Waals surface area contributed by atoms with E-state index in [1.165, 1.54) is 4.90 Å². The van der Waals surface area contributed by atoms with Gasteiger partial charge in [-0.05, 0) is 55.9 Å². The molecule has 1 saturated carbocycles. The Labute approximate surface area is 185 Å². The third-order valence-corrected chi connectivity index (χ3v) is 7.57. The van der Waals surface area contributed by atoms with Crippen molar-refractivity contribution in [3.63, 3.8) is 0 Å². The number of alkyl halides is 4. The fraction of sp³-hybridized carbons (Fsp3) is 0.818. The number of hydrogen-bond donors (Lipinski definition) is 1. The highest BCUT2D eigenvalue weighted by Gasteiger charge is 2.43. The molecule has 0 radical (unpaired) electrons. The van der Waals surface area contributed by atoms with Gasteiger partial charge in [0.15, 0.2) is 11.6 Å². The summed E-state index contributed by atoms with van der Waals surface area (Å²) >= 11 is 0. The van der Waals surface area contributed by atoms with Gasteiger partial charge in [0.1, 0.15) is 11.7 Å². The molecule has 6 nitrogen and oxygen atoms in total. The number of rotatable bonds is 5. The summed E-state index contributed by atoms with van der Waals surface area (Å²) in [5.74, 6) is 1.61. The van der Waals surface area contributed by atoms with Gasteiger partial charge in [-0.15, -0.1) is 10.2 Å². The number of fused-ring (bicyclic) bond motifs is 1. The molecule has 4 atom stereocenters. The predicted molar refractivity (Wildman–Crippen MR) is 112 cm³/mol. The monoisotopic (exact) mass is 457 g/mol. The summed E-state index contributed by atoms with van der Waals surface area (Å²) in [6, 6.07) is 0.983. The summed E-state index contributed by atoms with van der Waals surface area (Å²) < 4.78 is 60.2. The van der Waals surface area contributed by atoms with Crippen molar-refractivity contribution in [1.82, 2.24) is 15.1 Å². The molecule has 4 heterocycles. The second kappa shape index (κ2) is 8.93. The lowest BCUT2D eigenvalue weighted by atomic mass is 10.00. The number of halogens is 4. The minimum absolute atomic E-state index is 0.0292. The van der Waals surface area contributed by atoms with Crippen LogP contribution in [-0.4, -0.2) is 73.2 Å². The molecule has 0 bridgehead atoms. The van der Waals surface area contributed by atoms with Crippen molar-refractivity contribution in [3.8, 4) is 0 Å². The minimum atomic E-state index is -4.54. The van der Waals surface area contributed by atoms with Crippen molar-refractivity contribution >= 4 is 11.6 Å². The third kappa shape index (κ3) is 4.81. The van der Waals surface area contributed by atoms with Gasteiger partial charge in [0, 0.05) is 45.4 Å². The van der Waals surface area contributed by atoms with Gasteiger partial charge in [0.05, 0.1) is 6.54 Å². The zero-order valence-corrected chi connectivity index (χ0v) is 18.2. The van der Waals surface area contributed by atoms with Crippen LogP contribution in [0.5, 0.6) is 0 Å². The van der Waals surface area contributed by atoms with E-state index in [1.54, 1.807) is 0 Å². The maximum atomic E-state index is 13.8. The molecular formula is C22H31F4N5O. The maximum Gasteiger partial charge on any atom is 0.420 e. The lowest BCUT2D eigenvalue weighted by Crippen LogP contribution is -2.32. The quantitative estimate of drug-likeness (QED) is 0.682. The Morgan fingerprint density at radius 2 is 1.75 bits per heavy atom. The van der Waals surface area contributed by atoms with Crippen LogP contribution in [0.1, 0.15) is 37.7 Å². The lowest BCUT2D eigenvalue weighted by Gasteiger charge is -2.28. The van der Waals surface area contributed by atoms with Crippen LogP contribution >= 0.6 is 0 Å². The second-order valence-electron chi connectivity index (χ2n) is 9.90. The minimum Gasteiger partial charge on any atom is -0.381 e. The topological polar surface area (TPSA) is 53.5 Å². The van der Waals surface area contributed by atoms with Gasteiger partial charge in [-0.2, -0.15) is 13.2 Å². The van der Waals surface area contributed by atoms with Crippen LogP contribution in [0.3, 0.4) is 0 Å². The molecule has 178 valence electrons. The number of nitrogens with zero attached hydrogens (tertiary/aromatic N) is 4. The van der Waals surface area contributed by atoms with Crippen molar-refractivity contribution in [2.75, 3.05) is 56.2 Å². The van der Waals surface area contributed by atoms with E-state index in [0.29, 0.717) is 30.7 Å². The van der Waals surface area contributed by atoms with Crippen molar-refractivity contribution in [2.24, 2.45) is 17.8 Å². The van der Waals surface area contributed by atoms with Gasteiger partial charge in [0.25, 0.3) is 0 Å². The predicted octanol–water partition coefficient (Wildman–Crippen LogP) is 3.59. The molecule has 1 aromatic heterocycles. The largest absolute Gasteiger partial charge is 0.420 e. The van der Waals surface area contributed by atoms with Crippen molar-refractivity contribution in [1.29, 1.82) is 0 Å². The molecule has 1 unspecified atom stereocenters. The lowest BCUT2D eigenvalue weighted by molar-refractivity contribution is -0.137. The van der Waals surface area contributed by atoms with Crippen LogP contribution in [0.25, 0.3) is 0 Å². The van der Waals surface area contributed by atoms with E-state index in [2.05, 4.69) is 20.4 Å². The average molecular weight is 458 g/mol. The van der Waals surface area contributed by atoms with Gasteiger partial charge in [-0.25, -0.2) is 4.39 Å². The van der Waals surface area contributed by atoms with Crippen LogP contribution in [0.2, 0.25) is 0 Å². The first-order valence-electron chi connectivity index (χ1n) is 11.8. The maximum absolute atomic E-state index is 13.8. The molecule has 0 spiro atoms. The number of anilines is 2. The van der Waals surface area contributed by atoms with Crippen LogP contribution < -0.4 is 10.2 Å². The fourth-order valence-corrected chi connectivity index (χ4v) is 5.94. The Morgan fingerprint density at radius 1 is 1.03 bits per heavy atom. The molecule has 0 aromatic carbocycles. The van der Waals surface area contributed by atoms with Crippen molar-refractivity contribution in [2.45, 2.75) is 50.5 Å². The highest BCUT2D eigenvalue weighted by molar-refractivity contribution is 5.53. The summed E-state index contributed by atoms with van der Waals surface area (Å²) in [5.41, 5.74) is -0.817. The molecule has 1 aliphatic carbocycles. The van der Waals surface area contributed by atoms with Crippen LogP contribution in [0.15, 0.2) is 6.07 Å². The molecule has 4 aliphatic rings. The molecule has 5 rings (SSSR count). The number of nitrogens with one attached hydrogen (secondary N) is 1. The Hall–Kier alpha value is -1.68. The van der Waals surface area contributed by atoms with E-state index >= 15 is 0 Å². The van der Waals surface area contributed by atoms with Gasteiger partial charge in [-0.3, -0.25) is 0 Å². The molecular weight excluding hydrogens is 426 g/mol. The highest BCUT2D eigenvalue weighted by Crippen LogP contribution is 2.42. The van der Waals surface area contributed by atoms with Crippen molar-refractivity contribution in [3.05, 3.63) is 11.6 Å². The Bertz CT molecular complexity index is 789. The van der Waals surface area contributed by atoms with E-state index < -0.39 is 17.9 Å². The summed E-state index contributed by atoms with van der Waals surface area (Å²) in [6.07, 6.45) is -1.33. The highest BCUT2D eigenvalue weighted by atomic mass is 19.4. The smallest absolute Gasteiger partial charge is 0.381 e. The molecule has 1 aromatic rings. The summed E-state index contributed by atoms with van der Waals surface area (Å²) in [5, 5.41) is 10.9. The molecule has 3 aliphatic heterocycles. The van der Waals surface area contributed by atoms with Crippen LogP contribution in [0, 0.1) is 17.8 Å². The number of aromatic nitrogens is 2. The molecule has 4 fully saturated rings. The van der Waals surface area contributed by atoms with E-state index in [4.69, 9.17) is 4.74 Å². The SMILES string of the molecule is F[C@H]1CCN(c2cc(C(F)(F)F)c(NC3C[C@@H]4CN(CC5CCOCC5)C[C@@H]4C3)nn2)C1. The van der Waals surface area contributed by atoms with Gasteiger partial charge in [-0.1, -0.05) is 0 Å². The first-order valence-corrected chi connectivity index (χ1v) is 11.8. The molecule has 10 heteroatoms. The number of hydrogen-bond acceptors (Lipinski definition) is 6. The second-order valence-corrected chi connectivity index (χ2v) is 9.90. The van der Waals surface area contributed by atoms with Gasteiger partial charge < -0.3 is 19.9 Å². The first kappa shape index (κ1) is 22.1. The third-order valence-electron chi connectivity index (χ3n) is 7.57. The molecule has 32 heavy (non-hydrogen) atoms. The summed E-state index contributed by atoms with van der Waals surface area (Å²) in [4.78, 5) is 4.06. The van der Waals surface area contributed by atoms with E-state index in [-0.39, 0.29) is 24.2 Å². The molecule has 0 amide bonds. The normalized spacial score (nSPS) is 31.9. The Kier molecular flexibility index (Phi) is 6.17. The average Bonchev–Trinajstić information content (AvgIpc) is 3.43. The fourth-order valence-electron chi connectivity index (χ4n) is 5.94. The Morgan fingerprint density at radius 3 is 2.38 bits per heavy atom. The number of likely N-dealkylation sites (tertiary alicyclic amines) is 1. The number of ether oxygens (including phenoxy) is 1. The van der Waals surface area contributed by atoms with E-state index in [0.717, 1.165) is 64.6 Å². The standard InChI is InChI=1S/C22H31F4N5O/c23-17-1-4-31(13-17)20-9-19(22(24,25)26)21(29-28-20)27-18-7-15-11-30(12-16(15)8-18)10-14-2-5-32-6-3-14/h9,14-18H,1-8,10-13H2,(H,27,29)/t15-,16+,17-,18?/m0/s1. The van der Waals surface area contributed by atoms with E-state index in [9.17, 15) is 17.6 Å². The Balaban J connectivity index is 1.20. The zero-order valence-electron chi connectivity index (χ0n) is 18.2. The summed E-state index contributed by atoms with van der Waals surface area (Å²) in [7, 11) is 0.